The lowest BCUT2D eigenvalue weighted by Crippen LogP contribution is -2.61. The van der Waals surface area contributed by atoms with Gasteiger partial charge in [-0.25, -0.2) is 0 Å². The zero-order valence-corrected chi connectivity index (χ0v) is 20.7. The standard InChI is InChI=1S/C24H37NO13/c25-15-8-14(5-3-12(15)9-26)36-7-1-2-13(29)4-6-16(30)19(32)23(17(31)10-27)38-24-22(35)21(34)20(33)18(11-28)37-24/h3,5,8-9,16-24,27-28,30-35H,1-2,4,6-7,10-11,25H2/t16?,17?,18?,19-,20+,21+,22?,23-,24+/m1/s1. The van der Waals surface area contributed by atoms with Crippen LogP contribution in [0.3, 0.4) is 0 Å². The fourth-order valence-electron chi connectivity index (χ4n) is 3.87. The van der Waals surface area contributed by atoms with Crippen LogP contribution in [0.5, 0.6) is 5.75 Å². The van der Waals surface area contributed by atoms with Crippen molar-refractivity contribution in [3.8, 4) is 5.75 Å². The number of aliphatic hydroxyl groups excluding tert-OH is 8. The molecule has 0 saturated carbocycles. The van der Waals surface area contributed by atoms with E-state index in [2.05, 4.69) is 0 Å². The predicted octanol–water partition coefficient (Wildman–Crippen LogP) is -3.15. The van der Waals surface area contributed by atoms with Crippen molar-refractivity contribution >= 4 is 17.8 Å². The highest BCUT2D eigenvalue weighted by atomic mass is 16.7. The molecule has 216 valence electrons. The number of aldehydes is 1. The van der Waals surface area contributed by atoms with E-state index in [1.54, 1.807) is 6.07 Å². The molecule has 1 aliphatic heterocycles. The smallest absolute Gasteiger partial charge is 0.187 e. The molecule has 2 rings (SSSR count). The first kappa shape index (κ1) is 32.0. The van der Waals surface area contributed by atoms with Crippen molar-refractivity contribution in [2.75, 3.05) is 25.6 Å². The molecule has 0 aromatic heterocycles. The Hall–Kier alpha value is -2.24. The molecule has 0 aliphatic carbocycles. The van der Waals surface area contributed by atoms with Gasteiger partial charge >= 0.3 is 0 Å². The van der Waals surface area contributed by atoms with Crippen LogP contribution in [-0.4, -0.2) is 128 Å². The number of ketones is 1. The van der Waals surface area contributed by atoms with Crippen molar-refractivity contribution in [1.29, 1.82) is 0 Å². The van der Waals surface area contributed by atoms with Gasteiger partial charge in [-0.05, 0) is 25.0 Å². The lowest BCUT2D eigenvalue weighted by molar-refractivity contribution is -0.327. The molecule has 0 radical (unpaired) electrons. The number of carbonyl (C=O) groups is 2. The quantitative estimate of drug-likeness (QED) is 0.0563. The van der Waals surface area contributed by atoms with Crippen LogP contribution >= 0.6 is 0 Å². The van der Waals surface area contributed by atoms with E-state index in [4.69, 9.17) is 19.9 Å². The van der Waals surface area contributed by atoms with Gasteiger partial charge < -0.3 is 60.8 Å². The van der Waals surface area contributed by atoms with Gasteiger partial charge in [0, 0.05) is 30.2 Å². The number of nitrogen functional groups attached to an aromatic ring is 1. The maximum Gasteiger partial charge on any atom is 0.187 e. The van der Waals surface area contributed by atoms with Crippen LogP contribution in [0, 0.1) is 0 Å². The highest BCUT2D eigenvalue weighted by Crippen LogP contribution is 2.25. The van der Waals surface area contributed by atoms with E-state index in [9.17, 15) is 50.4 Å². The zero-order valence-electron chi connectivity index (χ0n) is 20.7. The fraction of sp³-hybridized carbons (Fsp3) is 0.667. The molecule has 1 heterocycles. The minimum absolute atomic E-state index is 0.106. The molecule has 38 heavy (non-hydrogen) atoms. The summed E-state index contributed by atoms with van der Waals surface area (Å²) in [7, 11) is 0. The molecule has 1 fully saturated rings. The van der Waals surface area contributed by atoms with E-state index in [1.165, 1.54) is 12.1 Å². The van der Waals surface area contributed by atoms with Crippen molar-refractivity contribution in [3.05, 3.63) is 23.8 Å². The maximum atomic E-state index is 12.2. The van der Waals surface area contributed by atoms with Crippen LogP contribution in [0.15, 0.2) is 18.2 Å². The van der Waals surface area contributed by atoms with Gasteiger partial charge in [-0.2, -0.15) is 0 Å². The fourth-order valence-corrected chi connectivity index (χ4v) is 3.87. The average Bonchev–Trinajstić information content (AvgIpc) is 2.91. The van der Waals surface area contributed by atoms with E-state index < -0.39 is 68.3 Å². The first-order valence-electron chi connectivity index (χ1n) is 12.1. The summed E-state index contributed by atoms with van der Waals surface area (Å²) >= 11 is 0. The van der Waals surface area contributed by atoms with Crippen molar-refractivity contribution in [2.45, 2.75) is 80.8 Å². The second-order valence-corrected chi connectivity index (χ2v) is 9.04. The molecule has 1 saturated heterocycles. The Morgan fingerprint density at radius 2 is 1.76 bits per heavy atom. The van der Waals surface area contributed by atoms with Crippen molar-refractivity contribution in [1.82, 2.24) is 0 Å². The maximum absolute atomic E-state index is 12.2. The molecule has 1 aliphatic rings. The van der Waals surface area contributed by atoms with Crippen molar-refractivity contribution in [3.63, 3.8) is 0 Å². The SMILES string of the molecule is Nc1cc(OCCCC(=O)CCC(O)[C@@H](O)[C@H](O[C@@H]2OC(CO)[C@H](O)[C@H](O)C2O)C(O)CO)ccc1C=O. The summed E-state index contributed by atoms with van der Waals surface area (Å²) in [5.41, 5.74) is 6.31. The molecule has 0 amide bonds. The molecule has 14 heteroatoms. The van der Waals surface area contributed by atoms with Gasteiger partial charge in [-0.3, -0.25) is 9.59 Å². The number of Topliss-reactive ketones (excluding diaryl/α,β-unsaturated/α-hetero) is 1. The summed E-state index contributed by atoms with van der Waals surface area (Å²) in [5.74, 6) is 0.191. The number of nitrogens with two attached hydrogens (primary N) is 1. The van der Waals surface area contributed by atoms with Gasteiger partial charge in [0.05, 0.1) is 25.9 Å². The Kier molecular flexibility index (Phi) is 12.9. The third-order valence-corrected chi connectivity index (χ3v) is 6.21. The Bertz CT molecular complexity index is 885. The number of rotatable bonds is 16. The Morgan fingerprint density at radius 1 is 1.05 bits per heavy atom. The molecule has 10 N–H and O–H groups in total. The van der Waals surface area contributed by atoms with E-state index in [-0.39, 0.29) is 37.3 Å². The highest BCUT2D eigenvalue weighted by Gasteiger charge is 2.46. The monoisotopic (exact) mass is 547 g/mol. The van der Waals surface area contributed by atoms with Crippen molar-refractivity contribution < 1.29 is 64.7 Å². The molecule has 1 aromatic rings. The largest absolute Gasteiger partial charge is 0.494 e. The third-order valence-electron chi connectivity index (χ3n) is 6.21. The highest BCUT2D eigenvalue weighted by molar-refractivity contribution is 5.83. The molecular formula is C24H37NO13. The van der Waals surface area contributed by atoms with Crippen LogP contribution in [0.4, 0.5) is 5.69 Å². The Labute approximate surface area is 218 Å². The van der Waals surface area contributed by atoms with Crippen LogP contribution < -0.4 is 10.5 Å². The lowest BCUT2D eigenvalue weighted by atomic mass is 9.96. The summed E-state index contributed by atoms with van der Waals surface area (Å²) in [4.78, 5) is 23.0. The third kappa shape index (κ3) is 8.64. The summed E-state index contributed by atoms with van der Waals surface area (Å²) in [6, 6.07) is 4.58. The van der Waals surface area contributed by atoms with Gasteiger partial charge in [0.15, 0.2) is 12.6 Å². The van der Waals surface area contributed by atoms with Gasteiger partial charge in [0.1, 0.15) is 54.3 Å². The predicted molar refractivity (Wildman–Crippen MR) is 129 cm³/mol. The number of hydrogen-bond acceptors (Lipinski definition) is 14. The van der Waals surface area contributed by atoms with Gasteiger partial charge in [0.2, 0.25) is 0 Å². The van der Waals surface area contributed by atoms with E-state index in [1.807, 2.05) is 0 Å². The van der Waals surface area contributed by atoms with Crippen molar-refractivity contribution in [2.24, 2.45) is 0 Å². The molecule has 4 unspecified atom stereocenters. The summed E-state index contributed by atoms with van der Waals surface area (Å²) < 4.78 is 16.0. The van der Waals surface area contributed by atoms with Crippen LogP contribution in [-0.2, 0) is 14.3 Å². The summed E-state index contributed by atoms with van der Waals surface area (Å²) in [6.07, 6.45) is -14.5. The Balaban J connectivity index is 1.84. The number of hydrogen-bond donors (Lipinski definition) is 9. The van der Waals surface area contributed by atoms with Gasteiger partial charge in [0.25, 0.3) is 0 Å². The first-order chi connectivity index (χ1) is 18.0. The van der Waals surface area contributed by atoms with E-state index >= 15 is 0 Å². The number of aliphatic hydroxyl groups is 8. The minimum atomic E-state index is -1.85. The molecule has 0 spiro atoms. The molecule has 1 aromatic carbocycles. The number of carbonyl (C=O) groups excluding carboxylic acids is 2. The topological polar surface area (TPSA) is 250 Å². The molecule has 9 atom stereocenters. The average molecular weight is 548 g/mol. The number of benzene rings is 1. The molecule has 14 nitrogen and oxygen atoms in total. The summed E-state index contributed by atoms with van der Waals surface area (Å²) in [6.45, 7) is -1.46. The molecule has 0 bridgehead atoms. The normalized spacial score (nSPS) is 26.8. The van der Waals surface area contributed by atoms with Crippen LogP contribution in [0.25, 0.3) is 0 Å². The zero-order chi connectivity index (χ0) is 28.4. The number of ether oxygens (including phenoxy) is 3. The van der Waals surface area contributed by atoms with Gasteiger partial charge in [-0.1, -0.05) is 0 Å². The first-order valence-corrected chi connectivity index (χ1v) is 12.1. The van der Waals surface area contributed by atoms with E-state index in [0.29, 0.717) is 24.0 Å². The molecular weight excluding hydrogens is 510 g/mol. The lowest BCUT2D eigenvalue weighted by Gasteiger charge is -2.42. The van der Waals surface area contributed by atoms with Crippen LogP contribution in [0.1, 0.15) is 36.0 Å². The second-order valence-electron chi connectivity index (χ2n) is 9.04. The van der Waals surface area contributed by atoms with Crippen LogP contribution in [0.2, 0.25) is 0 Å². The van der Waals surface area contributed by atoms with E-state index in [0.717, 1.165) is 0 Å². The number of anilines is 1. The summed E-state index contributed by atoms with van der Waals surface area (Å²) in [5, 5.41) is 79.6. The minimum Gasteiger partial charge on any atom is -0.494 e. The van der Waals surface area contributed by atoms with Gasteiger partial charge in [-0.15, -0.1) is 0 Å². The second kappa shape index (κ2) is 15.4. The Morgan fingerprint density at radius 3 is 2.37 bits per heavy atom.